The van der Waals surface area contributed by atoms with Gasteiger partial charge in [0.15, 0.2) is 0 Å². The Kier molecular flexibility index (Phi) is 5.79. The van der Waals surface area contributed by atoms with E-state index in [1.54, 1.807) is 12.1 Å². The van der Waals surface area contributed by atoms with Crippen molar-refractivity contribution in [2.75, 3.05) is 12.4 Å². The van der Waals surface area contributed by atoms with E-state index in [0.717, 1.165) is 6.42 Å². The second kappa shape index (κ2) is 7.11. The summed E-state index contributed by atoms with van der Waals surface area (Å²) in [5.41, 5.74) is 6.53. The van der Waals surface area contributed by atoms with Gasteiger partial charge in [-0.15, -0.1) is 0 Å². The molecular weight excluding hydrogens is 266 g/mol. The van der Waals surface area contributed by atoms with E-state index in [2.05, 4.69) is 10.6 Å². The molecule has 0 aromatic heterocycles. The molecule has 0 aliphatic rings. The molecule has 5 nitrogen and oxygen atoms in total. The molecular formula is C13H18ClN3O2. The maximum Gasteiger partial charge on any atom is 0.251 e. The zero-order valence-electron chi connectivity index (χ0n) is 11.0. The maximum atomic E-state index is 11.8. The molecule has 104 valence electrons. The molecule has 0 heterocycles. The molecule has 0 aliphatic heterocycles. The first-order valence-corrected chi connectivity index (χ1v) is 6.45. The number of nitrogens with two attached hydrogens (primary N) is 1. The number of rotatable bonds is 5. The summed E-state index contributed by atoms with van der Waals surface area (Å²) in [6, 6.07) is 4.10. The highest BCUT2D eigenvalue weighted by Crippen LogP contribution is 2.23. The number of amides is 2. The van der Waals surface area contributed by atoms with E-state index in [1.807, 2.05) is 6.92 Å². The number of benzene rings is 1. The minimum Gasteiger partial charge on any atom is -0.355 e. The minimum atomic E-state index is -0.579. The summed E-state index contributed by atoms with van der Waals surface area (Å²) in [5.74, 6) is -0.553. The molecule has 1 aromatic rings. The van der Waals surface area contributed by atoms with Crippen LogP contribution in [0.2, 0.25) is 5.02 Å². The van der Waals surface area contributed by atoms with E-state index < -0.39 is 6.04 Å². The fourth-order valence-electron chi connectivity index (χ4n) is 1.57. The summed E-state index contributed by atoms with van der Waals surface area (Å²) in [5, 5.41) is 5.51. The Morgan fingerprint density at radius 1 is 1.42 bits per heavy atom. The number of carbonyl (C=O) groups excluding carboxylic acids is 2. The molecule has 6 heteroatoms. The van der Waals surface area contributed by atoms with Gasteiger partial charge >= 0.3 is 0 Å². The normalized spacial score (nSPS) is 11.8. The molecule has 0 radical (unpaired) electrons. The average Bonchev–Trinajstić information content (AvgIpc) is 2.40. The molecule has 0 spiro atoms. The lowest BCUT2D eigenvalue weighted by molar-refractivity contribution is -0.117. The third-order valence-electron chi connectivity index (χ3n) is 2.65. The largest absolute Gasteiger partial charge is 0.355 e. The Morgan fingerprint density at radius 2 is 2.11 bits per heavy atom. The average molecular weight is 284 g/mol. The summed E-state index contributed by atoms with van der Waals surface area (Å²) in [6.45, 7) is 1.95. The molecule has 1 aromatic carbocycles. The van der Waals surface area contributed by atoms with Crippen molar-refractivity contribution in [2.24, 2.45) is 5.73 Å². The van der Waals surface area contributed by atoms with Gasteiger partial charge in [-0.05, 0) is 24.6 Å². The summed E-state index contributed by atoms with van der Waals surface area (Å²) in [7, 11) is 1.53. The smallest absolute Gasteiger partial charge is 0.251 e. The van der Waals surface area contributed by atoms with Gasteiger partial charge in [0, 0.05) is 12.6 Å². The van der Waals surface area contributed by atoms with Gasteiger partial charge in [-0.25, -0.2) is 0 Å². The summed E-state index contributed by atoms with van der Waals surface area (Å²) < 4.78 is 0. The number of carbonyl (C=O) groups is 2. The Balaban J connectivity index is 2.88. The van der Waals surface area contributed by atoms with Crippen molar-refractivity contribution >= 4 is 29.1 Å². The standard InChI is InChI=1S/C13H18ClN3O2/c1-3-4-10(15)13(19)17-11-7-8(12(18)16-2)5-6-9(11)14/h5-7,10H,3-4,15H2,1-2H3,(H,16,18)(H,17,19). The number of hydrogen-bond donors (Lipinski definition) is 3. The van der Waals surface area contributed by atoms with Crippen LogP contribution in [-0.2, 0) is 4.79 Å². The molecule has 0 fully saturated rings. The molecule has 0 aliphatic carbocycles. The first-order valence-electron chi connectivity index (χ1n) is 6.07. The van der Waals surface area contributed by atoms with E-state index in [9.17, 15) is 9.59 Å². The summed E-state index contributed by atoms with van der Waals surface area (Å²) in [4.78, 5) is 23.3. The van der Waals surface area contributed by atoms with Crippen molar-refractivity contribution in [1.29, 1.82) is 0 Å². The zero-order valence-corrected chi connectivity index (χ0v) is 11.8. The van der Waals surface area contributed by atoms with Crippen molar-refractivity contribution in [3.63, 3.8) is 0 Å². The molecule has 1 atom stereocenters. The fourth-order valence-corrected chi connectivity index (χ4v) is 1.74. The molecule has 0 saturated heterocycles. The fraction of sp³-hybridized carbons (Fsp3) is 0.385. The van der Waals surface area contributed by atoms with Crippen LogP contribution >= 0.6 is 11.6 Å². The van der Waals surface area contributed by atoms with E-state index in [-0.39, 0.29) is 11.8 Å². The van der Waals surface area contributed by atoms with Crippen LogP contribution < -0.4 is 16.4 Å². The quantitative estimate of drug-likeness (QED) is 0.770. The van der Waals surface area contributed by atoms with Gasteiger partial charge in [-0.2, -0.15) is 0 Å². The van der Waals surface area contributed by atoms with Crippen LogP contribution in [0.25, 0.3) is 0 Å². The van der Waals surface area contributed by atoms with Gasteiger partial charge in [0.05, 0.1) is 16.8 Å². The summed E-state index contributed by atoms with van der Waals surface area (Å²) in [6.07, 6.45) is 1.42. The molecule has 0 saturated carbocycles. The van der Waals surface area contributed by atoms with Crippen LogP contribution in [0.4, 0.5) is 5.69 Å². The molecule has 0 bridgehead atoms. The van der Waals surface area contributed by atoms with E-state index >= 15 is 0 Å². The number of hydrogen-bond acceptors (Lipinski definition) is 3. The highest BCUT2D eigenvalue weighted by atomic mass is 35.5. The Morgan fingerprint density at radius 3 is 2.68 bits per heavy atom. The highest BCUT2D eigenvalue weighted by molar-refractivity contribution is 6.34. The maximum absolute atomic E-state index is 11.8. The Hall–Kier alpha value is -1.59. The molecule has 1 unspecified atom stereocenters. The monoisotopic (exact) mass is 283 g/mol. The number of halogens is 1. The minimum absolute atomic E-state index is 0.245. The Bertz CT molecular complexity index is 477. The van der Waals surface area contributed by atoms with Gasteiger partial charge in [-0.3, -0.25) is 9.59 Å². The van der Waals surface area contributed by atoms with Crippen molar-refractivity contribution in [1.82, 2.24) is 5.32 Å². The van der Waals surface area contributed by atoms with Crippen molar-refractivity contribution < 1.29 is 9.59 Å². The van der Waals surface area contributed by atoms with Crippen molar-refractivity contribution in [2.45, 2.75) is 25.8 Å². The van der Waals surface area contributed by atoms with Gasteiger partial charge in [0.25, 0.3) is 5.91 Å². The summed E-state index contributed by atoms with van der Waals surface area (Å²) >= 11 is 5.98. The van der Waals surface area contributed by atoms with Crippen molar-refractivity contribution in [3.8, 4) is 0 Å². The van der Waals surface area contributed by atoms with Crippen LogP contribution in [0.15, 0.2) is 18.2 Å². The van der Waals surface area contributed by atoms with E-state index in [1.165, 1.54) is 13.1 Å². The molecule has 1 rings (SSSR count). The third kappa shape index (κ3) is 4.22. The van der Waals surface area contributed by atoms with Crippen LogP contribution in [0.3, 0.4) is 0 Å². The number of nitrogens with one attached hydrogen (secondary N) is 2. The van der Waals surface area contributed by atoms with Gasteiger partial charge in [0.2, 0.25) is 5.91 Å². The van der Waals surface area contributed by atoms with Crippen LogP contribution in [0, 0.1) is 0 Å². The van der Waals surface area contributed by atoms with Crippen LogP contribution in [-0.4, -0.2) is 24.9 Å². The van der Waals surface area contributed by atoms with E-state index in [4.69, 9.17) is 17.3 Å². The molecule has 4 N–H and O–H groups in total. The topological polar surface area (TPSA) is 84.2 Å². The van der Waals surface area contributed by atoms with Crippen molar-refractivity contribution in [3.05, 3.63) is 28.8 Å². The molecule has 19 heavy (non-hydrogen) atoms. The van der Waals surface area contributed by atoms with Gasteiger partial charge in [0.1, 0.15) is 0 Å². The Labute approximate surface area is 117 Å². The predicted molar refractivity (Wildman–Crippen MR) is 76.4 cm³/mol. The predicted octanol–water partition coefficient (Wildman–Crippen LogP) is 1.77. The third-order valence-corrected chi connectivity index (χ3v) is 2.98. The molecule has 2 amide bonds. The van der Waals surface area contributed by atoms with Crippen LogP contribution in [0.1, 0.15) is 30.1 Å². The second-order valence-electron chi connectivity index (χ2n) is 4.16. The first kappa shape index (κ1) is 15.5. The lowest BCUT2D eigenvalue weighted by Crippen LogP contribution is -2.35. The SMILES string of the molecule is CCCC(N)C(=O)Nc1cc(C(=O)NC)ccc1Cl. The first-order chi connectivity index (χ1) is 8.99. The van der Waals surface area contributed by atoms with Crippen LogP contribution in [0.5, 0.6) is 0 Å². The van der Waals surface area contributed by atoms with Gasteiger partial charge < -0.3 is 16.4 Å². The number of anilines is 1. The van der Waals surface area contributed by atoms with E-state index in [0.29, 0.717) is 22.7 Å². The lowest BCUT2D eigenvalue weighted by Gasteiger charge is -2.13. The zero-order chi connectivity index (χ0) is 14.4. The lowest BCUT2D eigenvalue weighted by atomic mass is 10.1. The highest BCUT2D eigenvalue weighted by Gasteiger charge is 2.15. The van der Waals surface area contributed by atoms with Gasteiger partial charge in [-0.1, -0.05) is 24.9 Å². The second-order valence-corrected chi connectivity index (χ2v) is 4.57.